The molecule has 0 saturated heterocycles. The molecule has 20 heavy (non-hydrogen) atoms. The van der Waals surface area contributed by atoms with Gasteiger partial charge in [0.05, 0.1) is 19.2 Å². The first-order valence-corrected chi connectivity index (χ1v) is 7.67. The molecule has 0 aromatic carbocycles. The lowest BCUT2D eigenvalue weighted by molar-refractivity contribution is 0.196. The minimum atomic E-state index is 0.102. The fraction of sp³-hybridized carbons (Fsp3) is 0.615. The molecule has 0 saturated carbocycles. The molecular formula is C13H21N5OS. The zero-order valence-electron chi connectivity index (χ0n) is 12.2. The molecule has 0 aliphatic rings. The van der Waals surface area contributed by atoms with Crippen molar-refractivity contribution in [2.45, 2.75) is 32.9 Å². The first-order chi connectivity index (χ1) is 9.76. The van der Waals surface area contributed by atoms with Crippen LogP contribution < -0.4 is 5.32 Å². The molecule has 2 aromatic heterocycles. The van der Waals surface area contributed by atoms with Gasteiger partial charge in [-0.15, -0.1) is 16.4 Å². The van der Waals surface area contributed by atoms with Crippen LogP contribution in [-0.4, -0.2) is 40.5 Å². The van der Waals surface area contributed by atoms with Crippen molar-refractivity contribution in [3.63, 3.8) is 0 Å². The number of tetrazole rings is 1. The highest BCUT2D eigenvalue weighted by atomic mass is 32.1. The van der Waals surface area contributed by atoms with Gasteiger partial charge in [-0.2, -0.15) is 0 Å². The maximum absolute atomic E-state index is 5.04. The van der Waals surface area contributed by atoms with Crippen LogP contribution in [0.3, 0.4) is 0 Å². The third kappa shape index (κ3) is 3.62. The molecule has 0 aliphatic heterocycles. The molecule has 0 amide bonds. The maximum Gasteiger partial charge on any atom is 0.168 e. The van der Waals surface area contributed by atoms with Gasteiger partial charge >= 0.3 is 0 Å². The summed E-state index contributed by atoms with van der Waals surface area (Å²) in [5.74, 6) is 0.858. The Balaban J connectivity index is 2.04. The Hall–Kier alpha value is -1.31. The lowest BCUT2D eigenvalue weighted by Gasteiger charge is -2.13. The van der Waals surface area contributed by atoms with Crippen LogP contribution in [0.25, 0.3) is 0 Å². The van der Waals surface area contributed by atoms with E-state index in [1.54, 1.807) is 18.4 Å². The quantitative estimate of drug-likeness (QED) is 0.750. The van der Waals surface area contributed by atoms with Crippen LogP contribution in [0.15, 0.2) is 11.4 Å². The number of ether oxygens (including phenoxy) is 1. The highest BCUT2D eigenvalue weighted by Crippen LogP contribution is 2.19. The molecule has 6 nitrogen and oxygen atoms in total. The third-order valence-electron chi connectivity index (χ3n) is 3.22. The van der Waals surface area contributed by atoms with Gasteiger partial charge in [0.1, 0.15) is 0 Å². The summed E-state index contributed by atoms with van der Waals surface area (Å²) in [7, 11) is 1.69. The van der Waals surface area contributed by atoms with E-state index in [2.05, 4.69) is 46.1 Å². The summed E-state index contributed by atoms with van der Waals surface area (Å²) >= 11 is 1.76. The molecule has 0 aliphatic carbocycles. The maximum atomic E-state index is 5.04. The summed E-state index contributed by atoms with van der Waals surface area (Å²) in [6, 6.07) is 2.27. The van der Waals surface area contributed by atoms with Gasteiger partial charge in [-0.05, 0) is 40.8 Å². The zero-order valence-corrected chi connectivity index (χ0v) is 13.0. The highest BCUT2D eigenvalue weighted by Gasteiger charge is 2.15. The van der Waals surface area contributed by atoms with Gasteiger partial charge in [-0.3, -0.25) is 0 Å². The molecule has 0 fully saturated rings. The molecule has 0 spiro atoms. The lowest BCUT2D eigenvalue weighted by Crippen LogP contribution is -2.26. The molecule has 7 heteroatoms. The van der Waals surface area contributed by atoms with E-state index < -0.39 is 0 Å². The van der Waals surface area contributed by atoms with E-state index in [1.165, 1.54) is 10.4 Å². The SMILES string of the molecule is CCc1ccsc1Cn1nnnc1C(C)NCCOC. The molecule has 0 radical (unpaired) electrons. The first kappa shape index (κ1) is 15.1. The molecule has 1 atom stereocenters. The van der Waals surface area contributed by atoms with Gasteiger partial charge in [0, 0.05) is 18.5 Å². The molecule has 2 heterocycles. The van der Waals surface area contributed by atoms with Crippen LogP contribution in [0.5, 0.6) is 0 Å². The summed E-state index contributed by atoms with van der Waals surface area (Å²) in [6.45, 7) is 6.42. The molecule has 1 unspecified atom stereocenters. The van der Waals surface area contributed by atoms with Crippen molar-refractivity contribution >= 4 is 11.3 Å². The van der Waals surface area contributed by atoms with Crippen molar-refractivity contribution < 1.29 is 4.74 Å². The van der Waals surface area contributed by atoms with Crippen LogP contribution in [-0.2, 0) is 17.7 Å². The Morgan fingerprint density at radius 3 is 3.10 bits per heavy atom. The van der Waals surface area contributed by atoms with Crippen molar-refractivity contribution in [2.24, 2.45) is 0 Å². The van der Waals surface area contributed by atoms with E-state index in [0.717, 1.165) is 25.3 Å². The number of thiophene rings is 1. The van der Waals surface area contributed by atoms with E-state index in [9.17, 15) is 0 Å². The van der Waals surface area contributed by atoms with E-state index in [1.807, 2.05) is 4.68 Å². The number of hydrogen-bond acceptors (Lipinski definition) is 6. The number of methoxy groups -OCH3 is 1. The van der Waals surface area contributed by atoms with Gasteiger partial charge < -0.3 is 10.1 Å². The average molecular weight is 295 g/mol. The van der Waals surface area contributed by atoms with Gasteiger partial charge in [0.15, 0.2) is 5.82 Å². The standard InChI is InChI=1S/C13H21N5OS/c1-4-11-5-8-20-12(11)9-18-13(15-16-17-18)10(2)14-6-7-19-3/h5,8,10,14H,4,6-7,9H2,1-3H3. The van der Waals surface area contributed by atoms with E-state index in [-0.39, 0.29) is 6.04 Å². The second-order valence-electron chi connectivity index (χ2n) is 4.59. The lowest BCUT2D eigenvalue weighted by atomic mass is 10.2. The predicted molar refractivity (Wildman–Crippen MR) is 78.9 cm³/mol. The average Bonchev–Trinajstić information content (AvgIpc) is 3.08. The Bertz CT molecular complexity index is 524. The number of rotatable bonds is 8. The summed E-state index contributed by atoms with van der Waals surface area (Å²) in [5.41, 5.74) is 1.37. The minimum absolute atomic E-state index is 0.102. The molecular weight excluding hydrogens is 274 g/mol. The topological polar surface area (TPSA) is 64.9 Å². The fourth-order valence-corrected chi connectivity index (χ4v) is 3.02. The van der Waals surface area contributed by atoms with Gasteiger partial charge in [0.2, 0.25) is 0 Å². The van der Waals surface area contributed by atoms with Gasteiger partial charge in [0.25, 0.3) is 0 Å². The largest absolute Gasteiger partial charge is 0.383 e. The van der Waals surface area contributed by atoms with Crippen molar-refractivity contribution in [2.75, 3.05) is 20.3 Å². The monoisotopic (exact) mass is 295 g/mol. The summed E-state index contributed by atoms with van der Waals surface area (Å²) in [5, 5.41) is 17.5. The third-order valence-corrected chi connectivity index (χ3v) is 4.16. The molecule has 1 N–H and O–H groups in total. The summed E-state index contributed by atoms with van der Waals surface area (Å²) < 4.78 is 6.91. The number of nitrogens with zero attached hydrogens (tertiary/aromatic N) is 4. The second kappa shape index (κ2) is 7.47. The summed E-state index contributed by atoms with van der Waals surface area (Å²) in [4.78, 5) is 1.32. The van der Waals surface area contributed by atoms with E-state index in [4.69, 9.17) is 4.74 Å². The zero-order chi connectivity index (χ0) is 14.4. The smallest absolute Gasteiger partial charge is 0.168 e. The van der Waals surface area contributed by atoms with Gasteiger partial charge in [-0.25, -0.2) is 4.68 Å². The minimum Gasteiger partial charge on any atom is -0.383 e. The molecule has 2 rings (SSSR count). The molecule has 2 aromatic rings. The molecule has 110 valence electrons. The number of nitrogens with one attached hydrogen (secondary N) is 1. The van der Waals surface area contributed by atoms with Crippen LogP contribution >= 0.6 is 11.3 Å². The highest BCUT2D eigenvalue weighted by molar-refractivity contribution is 7.10. The molecule has 0 bridgehead atoms. The predicted octanol–water partition coefficient (Wildman–Crippen LogP) is 1.64. The second-order valence-corrected chi connectivity index (χ2v) is 5.59. The van der Waals surface area contributed by atoms with E-state index in [0.29, 0.717) is 6.61 Å². The number of aromatic nitrogens is 4. The fourth-order valence-electron chi connectivity index (χ4n) is 2.06. The van der Waals surface area contributed by atoms with Crippen molar-refractivity contribution in [1.29, 1.82) is 0 Å². The Morgan fingerprint density at radius 2 is 2.35 bits per heavy atom. The number of aryl methyl sites for hydroxylation is 1. The van der Waals surface area contributed by atoms with E-state index >= 15 is 0 Å². The van der Waals surface area contributed by atoms with Crippen LogP contribution in [0.4, 0.5) is 0 Å². The summed E-state index contributed by atoms with van der Waals surface area (Å²) in [6.07, 6.45) is 1.04. The normalized spacial score (nSPS) is 12.8. The van der Waals surface area contributed by atoms with Crippen LogP contribution in [0.2, 0.25) is 0 Å². The van der Waals surface area contributed by atoms with Crippen LogP contribution in [0, 0.1) is 0 Å². The van der Waals surface area contributed by atoms with Crippen molar-refractivity contribution in [3.8, 4) is 0 Å². The Morgan fingerprint density at radius 1 is 1.50 bits per heavy atom. The van der Waals surface area contributed by atoms with Crippen LogP contribution in [0.1, 0.15) is 36.2 Å². The number of hydrogen-bond donors (Lipinski definition) is 1. The van der Waals surface area contributed by atoms with Crippen molar-refractivity contribution in [1.82, 2.24) is 25.5 Å². The van der Waals surface area contributed by atoms with Crippen molar-refractivity contribution in [3.05, 3.63) is 27.7 Å². The Kier molecular flexibility index (Phi) is 5.63. The van der Waals surface area contributed by atoms with Gasteiger partial charge in [-0.1, -0.05) is 6.92 Å². The first-order valence-electron chi connectivity index (χ1n) is 6.79. The Labute approximate surface area is 123 Å².